The molecule has 1 atom stereocenters. The van der Waals surface area contributed by atoms with Gasteiger partial charge in [-0.25, -0.2) is 4.79 Å². The van der Waals surface area contributed by atoms with Crippen LogP contribution in [-0.2, 0) is 33.3 Å². The Morgan fingerprint density at radius 1 is 1.18 bits per heavy atom. The summed E-state index contributed by atoms with van der Waals surface area (Å²) in [5.41, 5.74) is 0. The lowest BCUT2D eigenvalue weighted by Crippen LogP contribution is -2.24. The zero-order valence-corrected chi connectivity index (χ0v) is 11.2. The standard InChI is InChI=1S/C7H14O8S2/c1-6(17(11,12)14-3)4-5-16(9,10)15-7(8)13-2/h6H,4-5H2,1-3H3. The van der Waals surface area contributed by atoms with Gasteiger partial charge in [-0.05, 0) is 13.3 Å². The van der Waals surface area contributed by atoms with Gasteiger partial charge in [-0.1, -0.05) is 0 Å². The quantitative estimate of drug-likeness (QED) is 0.490. The first-order valence-electron chi connectivity index (χ1n) is 4.44. The molecule has 0 spiro atoms. The van der Waals surface area contributed by atoms with Crippen LogP contribution in [0.5, 0.6) is 0 Å². The number of hydrogen-bond donors (Lipinski definition) is 0. The van der Waals surface area contributed by atoms with E-state index in [9.17, 15) is 21.6 Å². The van der Waals surface area contributed by atoms with Crippen LogP contribution in [0.1, 0.15) is 13.3 Å². The van der Waals surface area contributed by atoms with Gasteiger partial charge in [-0.15, -0.1) is 0 Å². The number of rotatable bonds is 6. The molecule has 0 rings (SSSR count). The van der Waals surface area contributed by atoms with E-state index in [0.717, 1.165) is 14.2 Å². The van der Waals surface area contributed by atoms with E-state index in [4.69, 9.17) is 0 Å². The minimum absolute atomic E-state index is 0.254. The zero-order chi connectivity index (χ0) is 13.7. The predicted octanol–water partition coefficient (Wildman–Crippen LogP) is -0.146. The highest BCUT2D eigenvalue weighted by Crippen LogP contribution is 2.09. The van der Waals surface area contributed by atoms with Gasteiger partial charge in [-0.2, -0.15) is 16.8 Å². The van der Waals surface area contributed by atoms with Crippen molar-refractivity contribution in [1.29, 1.82) is 0 Å². The maximum atomic E-state index is 11.2. The number of ether oxygens (including phenoxy) is 1. The fourth-order valence-electron chi connectivity index (χ4n) is 0.798. The molecule has 0 radical (unpaired) electrons. The lowest BCUT2D eigenvalue weighted by molar-refractivity contribution is 0.124. The number of carbonyl (C=O) groups excluding carboxylic acids is 1. The van der Waals surface area contributed by atoms with Crippen LogP contribution in [0.25, 0.3) is 0 Å². The fraction of sp³-hybridized carbons (Fsp3) is 0.857. The molecule has 0 aromatic rings. The molecule has 1 unspecified atom stereocenters. The molecule has 0 N–H and O–H groups in total. The third-order valence-corrected chi connectivity index (χ3v) is 4.67. The highest BCUT2D eigenvalue weighted by Gasteiger charge is 2.25. The van der Waals surface area contributed by atoms with Crippen molar-refractivity contribution in [3.05, 3.63) is 0 Å². The molecule has 0 saturated carbocycles. The second kappa shape index (κ2) is 6.17. The summed E-state index contributed by atoms with van der Waals surface area (Å²) in [4.78, 5) is 10.6. The number of methoxy groups -OCH3 is 1. The summed E-state index contributed by atoms with van der Waals surface area (Å²) >= 11 is 0. The van der Waals surface area contributed by atoms with Gasteiger partial charge in [0, 0.05) is 0 Å². The lowest BCUT2D eigenvalue weighted by Gasteiger charge is -2.10. The van der Waals surface area contributed by atoms with Crippen LogP contribution in [-0.4, -0.2) is 48.2 Å². The van der Waals surface area contributed by atoms with Crippen molar-refractivity contribution in [2.24, 2.45) is 0 Å². The SMILES string of the molecule is COC(=O)OS(=O)(=O)CCC(C)S(=O)(=O)OC. The third-order valence-electron chi connectivity index (χ3n) is 1.86. The Bertz CT molecular complexity index is 448. The largest absolute Gasteiger partial charge is 0.523 e. The predicted molar refractivity (Wildman–Crippen MR) is 57.3 cm³/mol. The molecular weight excluding hydrogens is 276 g/mol. The Morgan fingerprint density at radius 2 is 1.71 bits per heavy atom. The molecule has 102 valence electrons. The van der Waals surface area contributed by atoms with Gasteiger partial charge in [0.25, 0.3) is 10.1 Å². The zero-order valence-electron chi connectivity index (χ0n) is 9.57. The maximum absolute atomic E-state index is 11.2. The molecule has 10 heteroatoms. The Labute approximate surface area is 100 Å². The molecule has 0 saturated heterocycles. The van der Waals surface area contributed by atoms with Crippen molar-refractivity contribution in [3.8, 4) is 0 Å². The van der Waals surface area contributed by atoms with E-state index in [1.807, 2.05) is 0 Å². The molecule has 0 amide bonds. The van der Waals surface area contributed by atoms with Gasteiger partial charge >= 0.3 is 16.3 Å². The minimum atomic E-state index is -4.15. The van der Waals surface area contributed by atoms with E-state index in [0.29, 0.717) is 0 Å². The highest BCUT2D eigenvalue weighted by atomic mass is 32.2. The summed E-state index contributed by atoms with van der Waals surface area (Å²) in [5.74, 6) is -0.633. The third kappa shape index (κ3) is 5.84. The highest BCUT2D eigenvalue weighted by molar-refractivity contribution is 7.88. The van der Waals surface area contributed by atoms with E-state index in [1.54, 1.807) is 0 Å². The Kier molecular flexibility index (Phi) is 5.85. The van der Waals surface area contributed by atoms with Gasteiger partial charge in [-0.3, -0.25) is 4.18 Å². The molecule has 17 heavy (non-hydrogen) atoms. The van der Waals surface area contributed by atoms with Crippen molar-refractivity contribution >= 4 is 26.4 Å². The molecule has 0 aromatic heterocycles. The summed E-state index contributed by atoms with van der Waals surface area (Å²) in [5, 5.41) is -1.02. The summed E-state index contributed by atoms with van der Waals surface area (Å²) in [7, 11) is -6.01. The first-order valence-corrected chi connectivity index (χ1v) is 7.49. The molecule has 0 fully saturated rings. The van der Waals surface area contributed by atoms with Crippen molar-refractivity contribution in [1.82, 2.24) is 0 Å². The average molecular weight is 290 g/mol. The molecule has 0 heterocycles. The van der Waals surface area contributed by atoms with Crippen LogP contribution in [0.2, 0.25) is 0 Å². The number of hydrogen-bond acceptors (Lipinski definition) is 8. The van der Waals surface area contributed by atoms with E-state index in [-0.39, 0.29) is 6.42 Å². The van der Waals surface area contributed by atoms with Gasteiger partial charge in [0.1, 0.15) is 0 Å². The van der Waals surface area contributed by atoms with Crippen LogP contribution >= 0.6 is 0 Å². The van der Waals surface area contributed by atoms with E-state index >= 15 is 0 Å². The van der Waals surface area contributed by atoms with E-state index in [1.165, 1.54) is 6.92 Å². The normalized spacial score (nSPS) is 14.1. The first kappa shape index (κ1) is 16.1. The molecule has 8 nitrogen and oxygen atoms in total. The van der Waals surface area contributed by atoms with Crippen molar-refractivity contribution in [2.75, 3.05) is 20.0 Å². The fourth-order valence-corrected chi connectivity index (χ4v) is 2.68. The average Bonchev–Trinajstić information content (AvgIpc) is 2.25. The molecule has 0 aliphatic carbocycles. The lowest BCUT2D eigenvalue weighted by atomic mass is 10.4. The van der Waals surface area contributed by atoms with Crippen LogP contribution < -0.4 is 0 Å². The van der Waals surface area contributed by atoms with Crippen LogP contribution in [0, 0.1) is 0 Å². The Morgan fingerprint density at radius 3 is 2.12 bits per heavy atom. The first-order chi connectivity index (χ1) is 7.64. The molecule has 0 bridgehead atoms. The number of carbonyl (C=O) groups is 1. The van der Waals surface area contributed by atoms with Gasteiger partial charge in [0.2, 0.25) is 0 Å². The second-order valence-corrected chi connectivity index (χ2v) is 6.87. The smallest absolute Gasteiger partial charge is 0.437 e. The van der Waals surface area contributed by atoms with Gasteiger partial charge in [0.15, 0.2) is 0 Å². The van der Waals surface area contributed by atoms with Crippen molar-refractivity contribution in [2.45, 2.75) is 18.6 Å². The van der Waals surface area contributed by atoms with E-state index in [2.05, 4.69) is 13.1 Å². The van der Waals surface area contributed by atoms with Crippen LogP contribution in [0.15, 0.2) is 0 Å². The van der Waals surface area contributed by atoms with Gasteiger partial charge < -0.3 is 8.92 Å². The summed E-state index contributed by atoms with van der Waals surface area (Å²) in [6.07, 6.45) is -1.62. The molecule has 0 aromatic carbocycles. The van der Waals surface area contributed by atoms with Crippen molar-refractivity contribution in [3.63, 3.8) is 0 Å². The van der Waals surface area contributed by atoms with E-state index < -0.39 is 37.4 Å². The topological polar surface area (TPSA) is 113 Å². The molecule has 0 aliphatic heterocycles. The van der Waals surface area contributed by atoms with Crippen LogP contribution in [0.3, 0.4) is 0 Å². The summed E-state index contributed by atoms with van der Waals surface area (Å²) in [6.45, 7) is 1.28. The summed E-state index contributed by atoms with van der Waals surface area (Å²) in [6, 6.07) is 0. The Hall–Kier alpha value is -0.870. The summed E-state index contributed by atoms with van der Waals surface area (Å²) < 4.78 is 56.8. The Balaban J connectivity index is 4.44. The van der Waals surface area contributed by atoms with Gasteiger partial charge in [0.05, 0.1) is 25.2 Å². The minimum Gasteiger partial charge on any atom is -0.437 e. The van der Waals surface area contributed by atoms with Crippen molar-refractivity contribution < 1.29 is 34.7 Å². The molecule has 0 aliphatic rings. The monoisotopic (exact) mass is 290 g/mol. The van der Waals surface area contributed by atoms with Crippen LogP contribution in [0.4, 0.5) is 4.79 Å². The second-order valence-electron chi connectivity index (χ2n) is 3.06. The molecular formula is C7H14O8S2. The maximum Gasteiger partial charge on any atom is 0.523 e.